The molecule has 20 aromatic rings. The number of fused-ring (bicyclic) bond motifs is 6. The second-order valence-electron chi connectivity index (χ2n) is 27.5. The van der Waals surface area contributed by atoms with Crippen LogP contribution in [0.5, 0.6) is 0 Å². The monoisotopic (exact) mass is 1460 g/mol. The Morgan fingerprint density at radius 2 is 0.398 bits per heavy atom. The van der Waals surface area contributed by atoms with Gasteiger partial charge in [0.25, 0.3) is 0 Å². The van der Waals surface area contributed by atoms with E-state index in [2.05, 4.69) is 57.7 Å². The number of hydrogen-bond acceptors (Lipinski definition) is 12. The SMILES string of the molecule is Cc1cc(-n2c3cc(-c4nc(-c5ccccc5)nc(-c5ccccc5)n4)ccc3c3ccc(-c4nc(-c5ccccc5)nc(-c5ccccc5)n4)cc32)c(-c2c(F)cccc2F)cc1-n1c2cc(-c3nc(-c4ccccc4)nc(-c4ccccc4)n3)ccc2c2ccc(-c3nc(-c4ccccc4)nc(-c4ccccc4)n3)cc21. The fourth-order valence-corrected chi connectivity index (χ4v) is 14.9. The van der Waals surface area contributed by atoms with Gasteiger partial charge in [-0.1, -0.05) is 297 Å². The molecule has 0 N–H and O–H groups in total. The molecule has 6 heterocycles. The van der Waals surface area contributed by atoms with Crippen LogP contribution in [0.3, 0.4) is 0 Å². The number of aromatic nitrogens is 14. The molecular weight excluding hydrogens is 1400 g/mol. The van der Waals surface area contributed by atoms with Crippen molar-refractivity contribution in [1.29, 1.82) is 0 Å². The molecule has 6 aromatic heterocycles. The van der Waals surface area contributed by atoms with E-state index in [0.29, 0.717) is 115 Å². The number of rotatable bonds is 15. The second kappa shape index (κ2) is 28.3. The Morgan fingerprint density at radius 3 is 0.619 bits per heavy atom. The Labute approximate surface area is 646 Å². The van der Waals surface area contributed by atoms with E-state index in [1.54, 1.807) is 0 Å². The minimum absolute atomic E-state index is 0.240. The molecule has 0 aliphatic heterocycles. The molecule has 0 saturated heterocycles. The van der Waals surface area contributed by atoms with Crippen LogP contribution in [0.1, 0.15) is 5.56 Å². The van der Waals surface area contributed by atoms with Crippen molar-refractivity contribution in [2.24, 2.45) is 0 Å². The van der Waals surface area contributed by atoms with Gasteiger partial charge in [-0.25, -0.2) is 68.6 Å². The van der Waals surface area contributed by atoms with Crippen LogP contribution in [0.4, 0.5) is 8.78 Å². The third-order valence-electron chi connectivity index (χ3n) is 20.4. The lowest BCUT2D eigenvalue weighted by Gasteiger charge is -2.20. The number of halogens is 2. The topological polar surface area (TPSA) is 165 Å². The molecule has 0 spiro atoms. The standard InChI is InChI=1S/C97H60F2N14/c1-59-53-80(113-83-56-70(96-108-90(64-35-18-6-19-36-64)102-91(109-96)65-37-20-7-21-38-65)47-51-74(83)75-52-48-71(57-84(75)113)97-110-92(66-39-22-8-23-40-66)103-93(111-97)67-41-24-9-25-42-67)76(85-77(98)43-26-44-78(85)99)58-79(59)112-81-54-68(94-104-86(60-27-10-2-11-28-60)100-87(105-94)61-29-12-3-13-30-61)45-49-72(81)73-50-46-69(55-82(73)112)95-106-88(62-31-14-4-15-32-62)101-89(107-95)63-33-16-5-17-34-63/h2-58H,1H3. The van der Waals surface area contributed by atoms with Crippen molar-refractivity contribution in [3.63, 3.8) is 0 Å². The summed E-state index contributed by atoms with van der Waals surface area (Å²) >= 11 is 0. The summed E-state index contributed by atoms with van der Waals surface area (Å²) in [5.41, 5.74) is 13.9. The van der Waals surface area contributed by atoms with Crippen molar-refractivity contribution < 1.29 is 8.78 Å². The van der Waals surface area contributed by atoms with E-state index in [0.717, 1.165) is 82.6 Å². The van der Waals surface area contributed by atoms with Crippen LogP contribution in [-0.4, -0.2) is 68.9 Å². The van der Waals surface area contributed by atoms with Gasteiger partial charge in [-0.15, -0.1) is 0 Å². The van der Waals surface area contributed by atoms with Gasteiger partial charge >= 0.3 is 0 Å². The van der Waals surface area contributed by atoms with E-state index < -0.39 is 11.6 Å². The molecule has 0 radical (unpaired) electrons. The molecule has 16 heteroatoms. The first-order valence-electron chi connectivity index (χ1n) is 37.0. The summed E-state index contributed by atoms with van der Waals surface area (Å²) in [5.74, 6) is 4.09. The molecule has 0 atom stereocenters. The van der Waals surface area contributed by atoms with E-state index in [-0.39, 0.29) is 11.1 Å². The first-order chi connectivity index (χ1) is 55.7. The van der Waals surface area contributed by atoms with Crippen LogP contribution < -0.4 is 0 Å². The Kier molecular flexibility index (Phi) is 16.8. The Hall–Kier alpha value is -15.4. The van der Waals surface area contributed by atoms with E-state index >= 15 is 8.78 Å². The summed E-state index contributed by atoms with van der Waals surface area (Å²) in [6.07, 6.45) is 0. The van der Waals surface area contributed by atoms with Gasteiger partial charge in [0.05, 0.1) is 33.3 Å². The highest BCUT2D eigenvalue weighted by molar-refractivity contribution is 6.13. The maximum atomic E-state index is 17.9. The van der Waals surface area contributed by atoms with Crippen LogP contribution >= 0.6 is 0 Å². The largest absolute Gasteiger partial charge is 0.309 e. The van der Waals surface area contributed by atoms with Gasteiger partial charge in [-0.3, -0.25) is 0 Å². The van der Waals surface area contributed by atoms with E-state index in [1.807, 2.05) is 286 Å². The summed E-state index contributed by atoms with van der Waals surface area (Å²) < 4.78 is 40.1. The molecule has 20 rings (SSSR count). The predicted octanol–water partition coefficient (Wildman–Crippen LogP) is 22.9. The first kappa shape index (κ1) is 67.0. The molecule has 14 aromatic carbocycles. The summed E-state index contributed by atoms with van der Waals surface area (Å²) in [5, 5.41) is 3.41. The summed E-state index contributed by atoms with van der Waals surface area (Å²) in [4.78, 5) is 62.0. The molecule has 0 bridgehead atoms. The summed E-state index contributed by atoms with van der Waals surface area (Å²) in [6.45, 7) is 2.03. The molecule has 0 amide bonds. The quantitative estimate of drug-likeness (QED) is 0.0955. The average Bonchev–Trinajstić information content (AvgIpc) is 1.57. The summed E-state index contributed by atoms with van der Waals surface area (Å²) in [6, 6.07) is 111. The van der Waals surface area contributed by atoms with Crippen molar-refractivity contribution >= 4 is 43.6 Å². The van der Waals surface area contributed by atoms with Crippen LogP contribution in [-0.2, 0) is 0 Å². The average molecular weight is 1460 g/mol. The third kappa shape index (κ3) is 12.5. The zero-order valence-corrected chi connectivity index (χ0v) is 60.4. The van der Waals surface area contributed by atoms with Gasteiger partial charge in [0.2, 0.25) is 0 Å². The second-order valence-corrected chi connectivity index (χ2v) is 27.5. The fraction of sp³-hybridized carbons (Fsp3) is 0.0103. The highest BCUT2D eigenvalue weighted by atomic mass is 19.1. The fourth-order valence-electron chi connectivity index (χ4n) is 14.9. The molecular formula is C97H60F2N14. The molecule has 0 aliphatic rings. The van der Waals surface area contributed by atoms with Crippen LogP contribution in [0.15, 0.2) is 346 Å². The molecule has 14 nitrogen and oxygen atoms in total. The molecule has 0 saturated carbocycles. The smallest absolute Gasteiger partial charge is 0.164 e. The first-order valence-corrected chi connectivity index (χ1v) is 37.0. The van der Waals surface area contributed by atoms with Crippen LogP contribution in [0.2, 0.25) is 0 Å². The maximum absolute atomic E-state index is 17.9. The maximum Gasteiger partial charge on any atom is 0.164 e. The van der Waals surface area contributed by atoms with Gasteiger partial charge in [-0.2, -0.15) is 0 Å². The van der Waals surface area contributed by atoms with Crippen molar-refractivity contribution in [1.82, 2.24) is 68.9 Å². The normalized spacial score (nSPS) is 11.5. The van der Waals surface area contributed by atoms with E-state index in [4.69, 9.17) is 59.8 Å². The Balaban J connectivity index is 0.868. The van der Waals surface area contributed by atoms with E-state index in [1.165, 1.54) is 18.2 Å². The highest BCUT2D eigenvalue weighted by Gasteiger charge is 2.28. The van der Waals surface area contributed by atoms with Crippen LogP contribution in [0, 0.1) is 18.6 Å². The molecule has 0 fully saturated rings. The molecule has 0 aliphatic carbocycles. The zero-order valence-electron chi connectivity index (χ0n) is 60.4. The minimum Gasteiger partial charge on any atom is -0.309 e. The Bertz CT molecular complexity index is 6440. The van der Waals surface area contributed by atoms with Gasteiger partial charge < -0.3 is 9.13 Å². The zero-order chi connectivity index (χ0) is 75.5. The molecule has 113 heavy (non-hydrogen) atoms. The number of benzene rings is 14. The molecule has 532 valence electrons. The lowest BCUT2D eigenvalue weighted by atomic mass is 9.98. The van der Waals surface area contributed by atoms with Gasteiger partial charge in [0, 0.05) is 99.6 Å². The minimum atomic E-state index is -0.773. The third-order valence-corrected chi connectivity index (χ3v) is 20.4. The van der Waals surface area contributed by atoms with Crippen molar-refractivity contribution in [2.45, 2.75) is 6.92 Å². The predicted molar refractivity (Wildman–Crippen MR) is 444 cm³/mol. The van der Waals surface area contributed by atoms with Crippen molar-refractivity contribution in [2.75, 3.05) is 0 Å². The van der Waals surface area contributed by atoms with Crippen molar-refractivity contribution in [3.8, 4) is 159 Å². The highest BCUT2D eigenvalue weighted by Crippen LogP contribution is 2.45. The van der Waals surface area contributed by atoms with Crippen LogP contribution in [0.25, 0.3) is 203 Å². The lowest BCUT2D eigenvalue weighted by molar-refractivity contribution is 0.589. The van der Waals surface area contributed by atoms with Gasteiger partial charge in [0.1, 0.15) is 11.6 Å². The number of aryl methyl sites for hydroxylation is 1. The summed E-state index contributed by atoms with van der Waals surface area (Å²) in [7, 11) is 0. The van der Waals surface area contributed by atoms with Crippen molar-refractivity contribution in [3.05, 3.63) is 363 Å². The Morgan fingerprint density at radius 1 is 0.195 bits per heavy atom. The van der Waals surface area contributed by atoms with E-state index in [9.17, 15) is 0 Å². The van der Waals surface area contributed by atoms with Gasteiger partial charge in [-0.05, 0) is 61.0 Å². The molecule has 0 unspecified atom stereocenters. The number of nitrogens with zero attached hydrogens (tertiary/aromatic N) is 14. The lowest BCUT2D eigenvalue weighted by Crippen LogP contribution is -2.06. The van der Waals surface area contributed by atoms with Gasteiger partial charge in [0.15, 0.2) is 69.9 Å². The number of hydrogen-bond donors (Lipinski definition) is 0.